The van der Waals surface area contributed by atoms with Gasteiger partial charge in [0.1, 0.15) is 0 Å². The quantitative estimate of drug-likeness (QED) is 0.0570. The third kappa shape index (κ3) is 19.6. The van der Waals surface area contributed by atoms with Crippen LogP contribution >= 0.6 is 0 Å². The van der Waals surface area contributed by atoms with E-state index >= 15 is 0 Å². The van der Waals surface area contributed by atoms with Crippen molar-refractivity contribution in [2.24, 2.45) is 0 Å². The van der Waals surface area contributed by atoms with Gasteiger partial charge in [-0.1, -0.05) is 137 Å². The van der Waals surface area contributed by atoms with Gasteiger partial charge >= 0.3 is 0 Å². The van der Waals surface area contributed by atoms with E-state index in [-0.39, 0.29) is 50.7 Å². The Kier molecular flexibility index (Phi) is 25.0. The van der Waals surface area contributed by atoms with E-state index in [0.29, 0.717) is 68.0 Å². The molecule has 0 aliphatic rings. The number of aliphatic hydroxyl groups excluding tert-OH is 2. The molecule has 0 aromatic rings. The summed E-state index contributed by atoms with van der Waals surface area (Å²) in [5, 5.41) is 22.7. The van der Waals surface area contributed by atoms with Crippen LogP contribution in [0.2, 0.25) is 89.2 Å². The minimum Gasteiger partial charge on any atom is -0.414 e. The molecule has 2 N–H and O–H groups in total. The first kappa shape index (κ1) is 64.3. The minimum absolute atomic E-state index is 0.00362. The van der Waals surface area contributed by atoms with E-state index in [2.05, 4.69) is 190 Å². The van der Waals surface area contributed by atoms with Gasteiger partial charge in [0, 0.05) is 30.5 Å². The Labute approximate surface area is 405 Å². The molecule has 12 heteroatoms. The molecule has 0 saturated carbocycles. The van der Waals surface area contributed by atoms with Crippen molar-refractivity contribution in [1.29, 1.82) is 0 Å². The minimum atomic E-state index is -2.43. The number of hydrogen-bond donors (Lipinski definition) is 2. The molecule has 0 aromatic carbocycles. The highest BCUT2D eigenvalue weighted by Crippen LogP contribution is 2.47. The summed E-state index contributed by atoms with van der Waals surface area (Å²) in [5.41, 5.74) is 1.17. The van der Waals surface area contributed by atoms with Crippen molar-refractivity contribution in [3.8, 4) is 0 Å². The maximum Gasteiger partial charge on any atom is 0.200 e. The standard InChI is InChI=1S/C52H112O7Si5/c1-29-31-42(53)33-44(55-60(21,22)49(9,10)11)35-46(57-62(25,26)51(15,16)17)37-48(59-64(39(3)4,40(5)6)41(7)8)38-47(58-63(27,28)52(18,19)20)36-45(34-43(54)32-30-2)56-61(23,24)50(12,13)14/h29-30,39-48,53-54H,1-2,31-38H2,3-28H3/t42-,43?,44+,45-,46+,47-,48?/m1/s1. The van der Waals surface area contributed by atoms with Gasteiger partial charge in [-0.15, -0.1) is 13.2 Å². The maximum absolute atomic E-state index is 11.4. The summed E-state index contributed by atoms with van der Waals surface area (Å²) >= 11 is 0. The second kappa shape index (κ2) is 24.9. The highest BCUT2D eigenvalue weighted by Gasteiger charge is 2.50. The molecule has 0 aliphatic carbocycles. The number of hydrogen-bond acceptors (Lipinski definition) is 7. The van der Waals surface area contributed by atoms with Crippen LogP contribution in [0.1, 0.15) is 176 Å². The van der Waals surface area contributed by atoms with Crippen molar-refractivity contribution in [3.05, 3.63) is 25.3 Å². The second-order valence-electron chi connectivity index (χ2n) is 26.8. The van der Waals surface area contributed by atoms with Crippen molar-refractivity contribution in [2.45, 2.75) is 308 Å². The van der Waals surface area contributed by atoms with E-state index in [1.165, 1.54) is 0 Å². The average molecular weight is 990 g/mol. The lowest BCUT2D eigenvalue weighted by Crippen LogP contribution is -2.53. The molecule has 7 nitrogen and oxygen atoms in total. The van der Waals surface area contributed by atoms with Gasteiger partial charge in [-0.25, -0.2) is 0 Å². The summed E-state index contributed by atoms with van der Waals surface area (Å²) in [6.07, 6.45) is 6.49. The number of rotatable bonds is 29. The van der Waals surface area contributed by atoms with Crippen LogP contribution in [0, 0.1) is 0 Å². The highest BCUT2D eigenvalue weighted by molar-refractivity contribution is 6.78. The summed E-state index contributed by atoms with van der Waals surface area (Å²) in [4.78, 5) is 0. The zero-order valence-corrected chi connectivity index (χ0v) is 52.4. The predicted molar refractivity (Wildman–Crippen MR) is 294 cm³/mol. The van der Waals surface area contributed by atoms with Gasteiger partial charge in [-0.2, -0.15) is 0 Å². The van der Waals surface area contributed by atoms with E-state index in [9.17, 15) is 10.2 Å². The Balaban J connectivity index is 8.22. The lowest BCUT2D eigenvalue weighted by atomic mass is 9.96. The van der Waals surface area contributed by atoms with Gasteiger partial charge in [-0.05, 0) is 141 Å². The molecule has 0 amide bonds. The second-order valence-corrected chi connectivity index (χ2v) is 51.3. The first-order chi connectivity index (χ1) is 28.4. The monoisotopic (exact) mass is 989 g/mol. The molecule has 0 aliphatic heterocycles. The zero-order chi connectivity index (χ0) is 50.9. The van der Waals surface area contributed by atoms with Crippen LogP contribution in [0.15, 0.2) is 25.3 Å². The van der Waals surface area contributed by atoms with Crippen molar-refractivity contribution in [1.82, 2.24) is 0 Å². The third-order valence-corrected chi connectivity index (χ3v) is 40.5. The Hall–Kier alpha value is 0.284. The fraction of sp³-hybridized carbons (Fsp3) is 0.923. The van der Waals surface area contributed by atoms with Crippen LogP contribution in [0.3, 0.4) is 0 Å². The summed E-state index contributed by atoms with van der Waals surface area (Å²) in [7, 11) is -11.6. The maximum atomic E-state index is 11.4. The molecule has 0 fully saturated rings. The fourth-order valence-electron chi connectivity index (χ4n) is 8.39. The fourth-order valence-corrected chi connectivity index (χ4v) is 19.5. The lowest BCUT2D eigenvalue weighted by molar-refractivity contribution is 0.00645. The van der Waals surface area contributed by atoms with Crippen LogP contribution < -0.4 is 0 Å². The smallest absolute Gasteiger partial charge is 0.200 e. The Bertz CT molecular complexity index is 1260. The average Bonchev–Trinajstić information content (AvgIpc) is 3.03. The van der Waals surface area contributed by atoms with E-state index in [0.717, 1.165) is 0 Å². The molecule has 0 rings (SSSR count). The normalized spacial score (nSPS) is 18.0. The van der Waals surface area contributed by atoms with E-state index in [4.69, 9.17) is 22.1 Å². The van der Waals surface area contributed by atoms with E-state index in [1.54, 1.807) is 0 Å². The van der Waals surface area contributed by atoms with Gasteiger partial charge in [0.05, 0.1) is 12.2 Å². The Morgan fingerprint density at radius 3 is 0.734 bits per heavy atom. The van der Waals surface area contributed by atoms with Crippen molar-refractivity contribution in [3.63, 3.8) is 0 Å². The van der Waals surface area contributed by atoms with Gasteiger partial charge in [-0.3, -0.25) is 0 Å². The zero-order valence-electron chi connectivity index (χ0n) is 47.4. The number of aliphatic hydroxyl groups is 2. The molecular formula is C52H112O7Si5. The Morgan fingerprint density at radius 1 is 0.375 bits per heavy atom. The van der Waals surface area contributed by atoms with E-state index in [1.807, 2.05) is 12.2 Å². The van der Waals surface area contributed by atoms with Crippen molar-refractivity contribution < 1.29 is 32.3 Å². The topological polar surface area (TPSA) is 86.6 Å². The molecule has 0 saturated heterocycles. The van der Waals surface area contributed by atoms with Gasteiger partial charge in [0.15, 0.2) is 33.3 Å². The first-order valence-corrected chi connectivity index (χ1v) is 39.2. The molecule has 0 radical (unpaired) electrons. The molecule has 0 spiro atoms. The third-order valence-electron chi connectivity index (χ3n) is 16.2. The van der Waals surface area contributed by atoms with Gasteiger partial charge in [0.2, 0.25) is 8.32 Å². The molecule has 0 bridgehead atoms. The van der Waals surface area contributed by atoms with Crippen LogP contribution in [0.5, 0.6) is 0 Å². The summed E-state index contributed by atoms with van der Waals surface area (Å²) in [5.74, 6) is 0. The lowest BCUT2D eigenvalue weighted by Gasteiger charge is -2.48. The summed E-state index contributed by atoms with van der Waals surface area (Å²) < 4.78 is 37.8. The largest absolute Gasteiger partial charge is 0.414 e. The first-order valence-electron chi connectivity index (χ1n) is 25.4. The molecule has 0 aromatic heterocycles. The van der Waals surface area contributed by atoms with Crippen LogP contribution in [0.4, 0.5) is 0 Å². The Morgan fingerprint density at radius 2 is 0.562 bits per heavy atom. The van der Waals surface area contributed by atoms with Crippen LogP contribution in [-0.4, -0.2) is 94.5 Å². The van der Waals surface area contributed by atoms with Crippen molar-refractivity contribution in [2.75, 3.05) is 0 Å². The predicted octanol–water partition coefficient (Wildman–Crippen LogP) is 16.3. The molecule has 0 heterocycles. The molecule has 2 unspecified atom stereocenters. The summed E-state index contributed by atoms with van der Waals surface area (Å²) in [6, 6.07) is 0. The van der Waals surface area contributed by atoms with Crippen LogP contribution in [0.25, 0.3) is 0 Å². The highest BCUT2D eigenvalue weighted by atomic mass is 28.4. The molecular weight excluding hydrogens is 877 g/mol. The molecule has 64 heavy (non-hydrogen) atoms. The van der Waals surface area contributed by atoms with Gasteiger partial charge < -0.3 is 32.3 Å². The molecule has 7 atom stereocenters. The van der Waals surface area contributed by atoms with Gasteiger partial charge in [0.25, 0.3) is 0 Å². The van der Waals surface area contributed by atoms with Crippen molar-refractivity contribution >= 4 is 41.6 Å². The molecule has 382 valence electrons. The summed E-state index contributed by atoms with van der Waals surface area (Å²) in [6.45, 7) is 68.6. The van der Waals surface area contributed by atoms with Crippen LogP contribution in [-0.2, 0) is 22.1 Å². The van der Waals surface area contributed by atoms with E-state index < -0.39 is 53.8 Å². The SMILES string of the molecule is C=CCC(O)C[C@H](C[C@H](CC(C[C@H](C[C@H](C[C@H](O)CC=C)O[Si](C)(C)C(C)(C)C)O[Si](C)(C)C(C)(C)C)O[Si](C(C)C)(C(C)C)C(C)C)O[Si](C)(C)C(C)(C)C)O[Si](C)(C)C(C)(C)C.